The van der Waals surface area contributed by atoms with Crippen molar-refractivity contribution in [2.24, 2.45) is 0 Å². The quantitative estimate of drug-likeness (QED) is 0.781. The molecule has 0 fully saturated rings. The van der Waals surface area contributed by atoms with Crippen molar-refractivity contribution in [3.63, 3.8) is 0 Å². The number of aryl methyl sites for hydroxylation is 2. The summed E-state index contributed by atoms with van der Waals surface area (Å²) in [6, 6.07) is 13.5. The summed E-state index contributed by atoms with van der Waals surface area (Å²) in [5, 5.41) is 2.84. The molecule has 0 aromatic heterocycles. The normalized spacial score (nSPS) is 17.5. The van der Waals surface area contributed by atoms with Crippen molar-refractivity contribution in [3.05, 3.63) is 59.2 Å². The van der Waals surface area contributed by atoms with Gasteiger partial charge in [-0.15, -0.1) is 0 Å². The molecule has 0 saturated heterocycles. The highest BCUT2D eigenvalue weighted by molar-refractivity contribution is 5.98. The number of para-hydroxylation sites is 2. The number of rotatable bonds is 6. The average molecular weight is 379 g/mol. The Labute approximate surface area is 165 Å². The first kappa shape index (κ1) is 18.5. The van der Waals surface area contributed by atoms with Crippen LogP contribution in [0, 0.1) is 0 Å². The monoisotopic (exact) mass is 379 g/mol. The van der Waals surface area contributed by atoms with Gasteiger partial charge >= 0.3 is 0 Å². The van der Waals surface area contributed by atoms with E-state index in [0.29, 0.717) is 24.5 Å². The molecule has 5 heteroatoms. The van der Waals surface area contributed by atoms with Gasteiger partial charge in [-0.3, -0.25) is 9.59 Å². The van der Waals surface area contributed by atoms with Crippen LogP contribution in [0.3, 0.4) is 0 Å². The Hall–Kier alpha value is -2.82. The molecule has 2 aromatic carbocycles. The van der Waals surface area contributed by atoms with E-state index in [1.165, 1.54) is 24.0 Å². The third kappa shape index (κ3) is 4.35. The molecule has 0 spiro atoms. The van der Waals surface area contributed by atoms with Crippen molar-refractivity contribution in [1.82, 2.24) is 5.32 Å². The van der Waals surface area contributed by atoms with E-state index in [4.69, 9.17) is 9.47 Å². The van der Waals surface area contributed by atoms with Crippen molar-refractivity contribution in [2.75, 3.05) is 13.2 Å². The molecule has 5 nitrogen and oxygen atoms in total. The zero-order valence-corrected chi connectivity index (χ0v) is 15.9. The Morgan fingerprint density at radius 1 is 0.964 bits per heavy atom. The maximum atomic E-state index is 12.5. The molecule has 1 atom stereocenters. The van der Waals surface area contributed by atoms with Gasteiger partial charge in [0.15, 0.2) is 17.3 Å². The Balaban J connectivity index is 1.23. The predicted octanol–water partition coefficient (Wildman–Crippen LogP) is 3.48. The summed E-state index contributed by atoms with van der Waals surface area (Å²) in [6.45, 7) is 0.756. The zero-order valence-electron chi connectivity index (χ0n) is 15.9. The highest BCUT2D eigenvalue weighted by Gasteiger charge is 2.21. The summed E-state index contributed by atoms with van der Waals surface area (Å²) >= 11 is 0. The van der Waals surface area contributed by atoms with Gasteiger partial charge in [0.05, 0.1) is 6.54 Å². The number of hydrogen-bond donors (Lipinski definition) is 1. The molecule has 0 radical (unpaired) electrons. The number of Topliss-reactive ketones (excluding diaryl/α,β-unsaturated/α-hetero) is 1. The summed E-state index contributed by atoms with van der Waals surface area (Å²) in [6.07, 6.45) is 4.73. The number of amides is 1. The molecule has 1 aliphatic carbocycles. The van der Waals surface area contributed by atoms with Crippen molar-refractivity contribution < 1.29 is 19.1 Å². The highest BCUT2D eigenvalue weighted by Crippen LogP contribution is 2.30. The van der Waals surface area contributed by atoms with Crippen molar-refractivity contribution in [2.45, 2.75) is 44.6 Å². The second-order valence-corrected chi connectivity index (χ2v) is 7.42. The topological polar surface area (TPSA) is 64.6 Å². The summed E-state index contributed by atoms with van der Waals surface area (Å²) in [5.74, 6) is 1.29. The Morgan fingerprint density at radius 3 is 2.61 bits per heavy atom. The zero-order chi connectivity index (χ0) is 19.3. The van der Waals surface area contributed by atoms with Crippen LogP contribution in [0.1, 0.15) is 47.2 Å². The minimum absolute atomic E-state index is 0.0229. The largest absolute Gasteiger partial charge is 0.486 e. The van der Waals surface area contributed by atoms with Crippen molar-refractivity contribution in [1.29, 1.82) is 0 Å². The van der Waals surface area contributed by atoms with Gasteiger partial charge in [0.2, 0.25) is 5.91 Å². The fourth-order valence-electron chi connectivity index (χ4n) is 3.76. The number of ether oxygens (including phenoxy) is 2. The summed E-state index contributed by atoms with van der Waals surface area (Å²) in [4.78, 5) is 24.6. The van der Waals surface area contributed by atoms with E-state index >= 15 is 0 Å². The molecule has 1 N–H and O–H groups in total. The molecular formula is C23H25NO4. The van der Waals surface area contributed by atoms with Crippen LogP contribution in [0.25, 0.3) is 0 Å². The fourth-order valence-corrected chi connectivity index (χ4v) is 3.76. The SMILES string of the molecule is O=C(CCC(=O)c1ccc2c(c1)CCCC2)NC[C@H]1COc2ccccc2O1. The van der Waals surface area contributed by atoms with Gasteiger partial charge in [-0.05, 0) is 55.0 Å². The second kappa shape index (κ2) is 8.46. The first-order chi connectivity index (χ1) is 13.7. The van der Waals surface area contributed by atoms with Gasteiger partial charge in [-0.25, -0.2) is 0 Å². The smallest absolute Gasteiger partial charge is 0.220 e. The third-order valence-electron chi connectivity index (χ3n) is 5.34. The van der Waals surface area contributed by atoms with E-state index in [1.807, 2.05) is 36.4 Å². The summed E-state index contributed by atoms with van der Waals surface area (Å²) < 4.78 is 11.5. The molecular weight excluding hydrogens is 354 g/mol. The fraction of sp³-hybridized carbons (Fsp3) is 0.391. The second-order valence-electron chi connectivity index (χ2n) is 7.42. The lowest BCUT2D eigenvalue weighted by atomic mass is 9.89. The number of nitrogens with one attached hydrogen (secondary N) is 1. The lowest BCUT2D eigenvalue weighted by Gasteiger charge is -2.26. The first-order valence-electron chi connectivity index (χ1n) is 9.99. The standard InChI is InChI=1S/C23H25NO4/c25-20(18-10-9-16-5-1-2-6-17(16)13-18)11-12-23(26)24-14-19-15-27-21-7-3-4-8-22(21)28-19/h3-4,7-10,13,19H,1-2,5-6,11-12,14-15H2,(H,24,26)/t19-/m0/s1. The Bertz CT molecular complexity index is 877. The van der Waals surface area contributed by atoms with Crippen LogP contribution in [0.5, 0.6) is 11.5 Å². The first-order valence-corrected chi connectivity index (χ1v) is 9.99. The lowest BCUT2D eigenvalue weighted by Crippen LogP contribution is -2.40. The van der Waals surface area contributed by atoms with Crippen LogP contribution >= 0.6 is 0 Å². The summed E-state index contributed by atoms with van der Waals surface area (Å²) in [7, 11) is 0. The molecule has 2 aromatic rings. The summed E-state index contributed by atoms with van der Waals surface area (Å²) in [5.41, 5.74) is 3.36. The minimum Gasteiger partial charge on any atom is -0.486 e. The molecule has 28 heavy (non-hydrogen) atoms. The van der Waals surface area contributed by atoms with Gasteiger partial charge in [0, 0.05) is 18.4 Å². The van der Waals surface area contributed by atoms with Gasteiger partial charge in [-0.2, -0.15) is 0 Å². The number of carbonyl (C=O) groups excluding carboxylic acids is 2. The number of hydrogen-bond acceptors (Lipinski definition) is 4. The van der Waals surface area contributed by atoms with Crippen LogP contribution in [-0.4, -0.2) is 30.9 Å². The lowest BCUT2D eigenvalue weighted by molar-refractivity contribution is -0.121. The maximum absolute atomic E-state index is 12.5. The maximum Gasteiger partial charge on any atom is 0.220 e. The van der Waals surface area contributed by atoms with Crippen LogP contribution in [0.4, 0.5) is 0 Å². The molecule has 1 aliphatic heterocycles. The Morgan fingerprint density at radius 2 is 1.75 bits per heavy atom. The molecule has 4 rings (SSSR count). The molecule has 0 unspecified atom stereocenters. The van der Waals surface area contributed by atoms with E-state index in [1.54, 1.807) is 0 Å². The molecule has 1 amide bonds. The molecule has 0 saturated carbocycles. The van der Waals surface area contributed by atoms with E-state index in [0.717, 1.165) is 18.6 Å². The van der Waals surface area contributed by atoms with Gasteiger partial charge < -0.3 is 14.8 Å². The van der Waals surface area contributed by atoms with Gasteiger partial charge in [0.1, 0.15) is 12.7 Å². The third-order valence-corrected chi connectivity index (χ3v) is 5.34. The van der Waals surface area contributed by atoms with E-state index in [-0.39, 0.29) is 30.6 Å². The average Bonchev–Trinajstić information content (AvgIpc) is 2.75. The number of carbonyl (C=O) groups is 2. The highest BCUT2D eigenvalue weighted by atomic mass is 16.6. The number of fused-ring (bicyclic) bond motifs is 2. The van der Waals surface area contributed by atoms with Crippen LogP contribution in [0.15, 0.2) is 42.5 Å². The molecule has 2 aliphatic rings. The molecule has 146 valence electrons. The van der Waals surface area contributed by atoms with Gasteiger partial charge in [-0.1, -0.05) is 24.3 Å². The van der Waals surface area contributed by atoms with Crippen LogP contribution < -0.4 is 14.8 Å². The molecule has 0 bridgehead atoms. The predicted molar refractivity (Wildman–Crippen MR) is 106 cm³/mol. The van der Waals surface area contributed by atoms with E-state index in [2.05, 4.69) is 11.4 Å². The van der Waals surface area contributed by atoms with E-state index < -0.39 is 0 Å². The van der Waals surface area contributed by atoms with Crippen molar-refractivity contribution >= 4 is 11.7 Å². The number of ketones is 1. The van der Waals surface area contributed by atoms with Gasteiger partial charge in [0.25, 0.3) is 0 Å². The minimum atomic E-state index is -0.227. The van der Waals surface area contributed by atoms with Crippen molar-refractivity contribution in [3.8, 4) is 11.5 Å². The molecule has 1 heterocycles. The Kier molecular flexibility index (Phi) is 5.60. The van der Waals surface area contributed by atoms with Crippen LogP contribution in [0.2, 0.25) is 0 Å². The van der Waals surface area contributed by atoms with E-state index in [9.17, 15) is 9.59 Å². The number of benzene rings is 2. The van der Waals surface area contributed by atoms with Crippen LogP contribution in [-0.2, 0) is 17.6 Å².